The molecule has 15 heavy (non-hydrogen) atoms. The average Bonchev–Trinajstić information content (AvgIpc) is 2.23. The summed E-state index contributed by atoms with van der Waals surface area (Å²) in [5, 5.41) is 0. The van der Waals surface area contributed by atoms with Gasteiger partial charge in [-0.3, -0.25) is 4.79 Å². The first-order valence-electron chi connectivity index (χ1n) is 4.63. The molecule has 0 fully saturated rings. The molecule has 1 atom stereocenters. The van der Waals surface area contributed by atoms with E-state index in [9.17, 15) is 9.18 Å². The SMILES string of the molecule is COC(=O)C(N)Cc1cccc(F)c1C. The molecule has 0 aliphatic heterocycles. The smallest absolute Gasteiger partial charge is 0.322 e. The van der Waals surface area contributed by atoms with Gasteiger partial charge in [0.15, 0.2) is 0 Å². The van der Waals surface area contributed by atoms with Crippen LogP contribution in [0.1, 0.15) is 11.1 Å². The van der Waals surface area contributed by atoms with Crippen LogP contribution in [-0.4, -0.2) is 19.1 Å². The van der Waals surface area contributed by atoms with Crippen molar-refractivity contribution in [1.29, 1.82) is 0 Å². The van der Waals surface area contributed by atoms with E-state index in [2.05, 4.69) is 4.74 Å². The van der Waals surface area contributed by atoms with E-state index in [-0.39, 0.29) is 12.2 Å². The van der Waals surface area contributed by atoms with Crippen LogP contribution in [0.15, 0.2) is 18.2 Å². The molecule has 3 nitrogen and oxygen atoms in total. The van der Waals surface area contributed by atoms with Crippen molar-refractivity contribution in [3.8, 4) is 0 Å². The van der Waals surface area contributed by atoms with Gasteiger partial charge < -0.3 is 10.5 Å². The lowest BCUT2D eigenvalue weighted by atomic mass is 10.0. The van der Waals surface area contributed by atoms with E-state index in [0.717, 1.165) is 5.56 Å². The zero-order chi connectivity index (χ0) is 11.4. The molecular formula is C11H14FNO2. The fourth-order valence-corrected chi connectivity index (χ4v) is 1.34. The Morgan fingerprint density at radius 2 is 2.27 bits per heavy atom. The number of carbonyl (C=O) groups excluding carboxylic acids is 1. The lowest BCUT2D eigenvalue weighted by molar-refractivity contribution is -0.142. The number of hydrogen-bond donors (Lipinski definition) is 1. The topological polar surface area (TPSA) is 52.3 Å². The fraction of sp³-hybridized carbons (Fsp3) is 0.364. The Morgan fingerprint density at radius 1 is 1.60 bits per heavy atom. The summed E-state index contributed by atoms with van der Waals surface area (Å²) in [6.45, 7) is 1.66. The van der Waals surface area contributed by atoms with Crippen LogP contribution < -0.4 is 5.73 Å². The van der Waals surface area contributed by atoms with Gasteiger partial charge in [-0.15, -0.1) is 0 Å². The third-order valence-corrected chi connectivity index (χ3v) is 2.32. The first kappa shape index (κ1) is 11.7. The number of ether oxygens (including phenoxy) is 1. The Bertz CT molecular complexity index is 366. The predicted molar refractivity (Wildman–Crippen MR) is 54.8 cm³/mol. The molecule has 4 heteroatoms. The fourth-order valence-electron chi connectivity index (χ4n) is 1.34. The minimum atomic E-state index is -0.740. The van der Waals surface area contributed by atoms with Crippen molar-refractivity contribution in [2.45, 2.75) is 19.4 Å². The molecule has 0 aliphatic carbocycles. The third-order valence-electron chi connectivity index (χ3n) is 2.32. The molecule has 1 aromatic carbocycles. The normalized spacial score (nSPS) is 12.3. The summed E-state index contributed by atoms with van der Waals surface area (Å²) in [7, 11) is 1.28. The van der Waals surface area contributed by atoms with E-state index in [1.807, 2.05) is 0 Å². The molecule has 0 aliphatic rings. The Balaban J connectivity index is 2.81. The van der Waals surface area contributed by atoms with Crippen LogP contribution in [-0.2, 0) is 16.0 Å². The van der Waals surface area contributed by atoms with Crippen molar-refractivity contribution < 1.29 is 13.9 Å². The number of halogens is 1. The molecule has 1 unspecified atom stereocenters. The molecule has 0 heterocycles. The van der Waals surface area contributed by atoms with Crippen molar-refractivity contribution in [1.82, 2.24) is 0 Å². The van der Waals surface area contributed by atoms with E-state index >= 15 is 0 Å². The molecule has 0 aromatic heterocycles. The van der Waals surface area contributed by atoms with Gasteiger partial charge in [0.25, 0.3) is 0 Å². The molecule has 0 radical (unpaired) electrons. The summed E-state index contributed by atoms with van der Waals surface area (Å²) < 4.78 is 17.7. The van der Waals surface area contributed by atoms with E-state index < -0.39 is 12.0 Å². The first-order valence-corrected chi connectivity index (χ1v) is 4.63. The second-order valence-electron chi connectivity index (χ2n) is 3.36. The summed E-state index contributed by atoms with van der Waals surface area (Å²) in [6.07, 6.45) is 0.288. The Kier molecular flexibility index (Phi) is 3.80. The number of methoxy groups -OCH3 is 1. The largest absolute Gasteiger partial charge is 0.468 e. The second kappa shape index (κ2) is 4.89. The molecule has 0 saturated heterocycles. The molecule has 0 saturated carbocycles. The van der Waals surface area contributed by atoms with Gasteiger partial charge in [0, 0.05) is 0 Å². The van der Waals surface area contributed by atoms with Gasteiger partial charge in [-0.25, -0.2) is 4.39 Å². The van der Waals surface area contributed by atoms with Gasteiger partial charge in [0.05, 0.1) is 7.11 Å². The minimum absolute atomic E-state index is 0.287. The lowest BCUT2D eigenvalue weighted by Gasteiger charge is -2.11. The minimum Gasteiger partial charge on any atom is -0.468 e. The highest BCUT2D eigenvalue weighted by atomic mass is 19.1. The van der Waals surface area contributed by atoms with Crippen LogP contribution in [0, 0.1) is 12.7 Å². The van der Waals surface area contributed by atoms with E-state index in [1.165, 1.54) is 13.2 Å². The number of nitrogens with two attached hydrogens (primary N) is 1. The summed E-state index contributed by atoms with van der Waals surface area (Å²) in [6, 6.07) is 3.99. The standard InChI is InChI=1S/C11H14FNO2/c1-7-8(4-3-5-9(7)12)6-10(13)11(14)15-2/h3-5,10H,6,13H2,1-2H3. The maximum Gasteiger partial charge on any atom is 0.322 e. The monoisotopic (exact) mass is 211 g/mol. The van der Waals surface area contributed by atoms with E-state index in [4.69, 9.17) is 5.73 Å². The molecule has 0 amide bonds. The third kappa shape index (κ3) is 2.76. The molecule has 0 spiro atoms. The maximum atomic E-state index is 13.2. The van der Waals surface area contributed by atoms with Crippen LogP contribution in [0.3, 0.4) is 0 Å². The van der Waals surface area contributed by atoms with Gasteiger partial charge in [-0.1, -0.05) is 12.1 Å². The highest BCUT2D eigenvalue weighted by Gasteiger charge is 2.15. The summed E-state index contributed by atoms with van der Waals surface area (Å²) in [5.41, 5.74) is 6.84. The van der Waals surface area contributed by atoms with Crippen LogP contribution in [0.25, 0.3) is 0 Å². The summed E-state index contributed by atoms with van der Waals surface area (Å²) >= 11 is 0. The highest BCUT2D eigenvalue weighted by molar-refractivity contribution is 5.75. The van der Waals surface area contributed by atoms with Gasteiger partial charge in [-0.05, 0) is 30.5 Å². The van der Waals surface area contributed by atoms with E-state index in [0.29, 0.717) is 5.56 Å². The Labute approximate surface area is 88.0 Å². The Morgan fingerprint density at radius 3 is 2.87 bits per heavy atom. The van der Waals surface area contributed by atoms with Crippen LogP contribution in [0.5, 0.6) is 0 Å². The van der Waals surface area contributed by atoms with Crippen molar-refractivity contribution in [2.75, 3.05) is 7.11 Å². The molecule has 2 N–H and O–H groups in total. The van der Waals surface area contributed by atoms with Crippen LogP contribution in [0.4, 0.5) is 4.39 Å². The summed E-state index contributed by atoms with van der Waals surface area (Å²) in [4.78, 5) is 11.1. The van der Waals surface area contributed by atoms with E-state index in [1.54, 1.807) is 19.1 Å². The van der Waals surface area contributed by atoms with Crippen molar-refractivity contribution in [3.63, 3.8) is 0 Å². The zero-order valence-corrected chi connectivity index (χ0v) is 8.79. The molecule has 0 bridgehead atoms. The number of benzene rings is 1. The van der Waals surface area contributed by atoms with Gasteiger partial charge in [0.1, 0.15) is 11.9 Å². The maximum absolute atomic E-state index is 13.2. The highest BCUT2D eigenvalue weighted by Crippen LogP contribution is 2.13. The number of esters is 1. The second-order valence-corrected chi connectivity index (χ2v) is 3.36. The summed E-state index contributed by atoms with van der Waals surface area (Å²) in [5.74, 6) is -0.775. The quantitative estimate of drug-likeness (QED) is 0.764. The molecule has 82 valence electrons. The van der Waals surface area contributed by atoms with Crippen LogP contribution >= 0.6 is 0 Å². The first-order chi connectivity index (χ1) is 7.06. The van der Waals surface area contributed by atoms with Gasteiger partial charge in [0.2, 0.25) is 0 Å². The van der Waals surface area contributed by atoms with Crippen LogP contribution in [0.2, 0.25) is 0 Å². The Hall–Kier alpha value is -1.42. The van der Waals surface area contributed by atoms with Crippen molar-refractivity contribution >= 4 is 5.97 Å². The van der Waals surface area contributed by atoms with Crippen molar-refractivity contribution in [2.24, 2.45) is 5.73 Å². The van der Waals surface area contributed by atoms with Gasteiger partial charge >= 0.3 is 5.97 Å². The number of carbonyl (C=O) groups is 1. The zero-order valence-electron chi connectivity index (χ0n) is 8.79. The molecule has 1 aromatic rings. The predicted octanol–water partition coefficient (Wildman–Crippen LogP) is 1.18. The van der Waals surface area contributed by atoms with Crippen molar-refractivity contribution in [3.05, 3.63) is 35.1 Å². The average molecular weight is 211 g/mol. The lowest BCUT2D eigenvalue weighted by Crippen LogP contribution is -2.33. The number of hydrogen-bond acceptors (Lipinski definition) is 3. The number of rotatable bonds is 3. The molecular weight excluding hydrogens is 197 g/mol. The van der Waals surface area contributed by atoms with Gasteiger partial charge in [-0.2, -0.15) is 0 Å². The molecule has 1 rings (SSSR count).